The molecule has 2 aromatic heterocycles. The maximum atomic E-state index is 3.79. The zero-order chi connectivity index (χ0) is 25.5. The molecule has 2 heterocycles. The Balaban J connectivity index is 1.38. The van der Waals surface area contributed by atoms with E-state index in [0.717, 1.165) is 0 Å². The number of H-pyrrole nitrogens is 2. The summed E-state index contributed by atoms with van der Waals surface area (Å²) in [5.41, 5.74) is 14.1. The van der Waals surface area contributed by atoms with Crippen molar-refractivity contribution in [2.24, 2.45) is 0 Å². The maximum Gasteiger partial charge on any atom is 0.0544 e. The van der Waals surface area contributed by atoms with Gasteiger partial charge in [0.05, 0.1) is 11.0 Å². The van der Waals surface area contributed by atoms with Gasteiger partial charge in [0.25, 0.3) is 0 Å². The van der Waals surface area contributed by atoms with Crippen LogP contribution in [0.3, 0.4) is 0 Å². The lowest BCUT2D eigenvalue weighted by atomic mass is 9.83. The van der Waals surface area contributed by atoms with Gasteiger partial charge in [0.1, 0.15) is 0 Å². The lowest BCUT2D eigenvalue weighted by molar-refractivity contribution is 1.03. The van der Waals surface area contributed by atoms with Crippen LogP contribution in [0.15, 0.2) is 127 Å². The topological polar surface area (TPSA) is 31.6 Å². The highest BCUT2D eigenvalue weighted by Crippen LogP contribution is 2.53. The van der Waals surface area contributed by atoms with Crippen molar-refractivity contribution in [1.82, 2.24) is 9.97 Å². The monoisotopic (exact) mass is 496 g/mol. The molecule has 0 spiro atoms. The molecule has 6 aromatic carbocycles. The van der Waals surface area contributed by atoms with E-state index in [-0.39, 0.29) is 5.92 Å². The molecule has 0 saturated heterocycles. The van der Waals surface area contributed by atoms with Crippen LogP contribution in [-0.4, -0.2) is 9.97 Å². The lowest BCUT2D eigenvalue weighted by Gasteiger charge is -2.19. The minimum atomic E-state index is 0.129. The van der Waals surface area contributed by atoms with Gasteiger partial charge in [-0.05, 0) is 45.5 Å². The van der Waals surface area contributed by atoms with E-state index in [4.69, 9.17) is 0 Å². The first kappa shape index (κ1) is 20.9. The van der Waals surface area contributed by atoms with E-state index in [9.17, 15) is 0 Å². The molecule has 1 aliphatic rings. The summed E-state index contributed by atoms with van der Waals surface area (Å²) in [5.74, 6) is 0.129. The van der Waals surface area contributed by atoms with Gasteiger partial charge in [-0.3, -0.25) is 0 Å². The summed E-state index contributed by atoms with van der Waals surface area (Å²) in [6.07, 6.45) is 0. The molecule has 0 aliphatic heterocycles. The summed E-state index contributed by atoms with van der Waals surface area (Å²) in [6.45, 7) is 0. The fraction of sp³-hybridized carbons (Fsp3) is 0.0270. The van der Waals surface area contributed by atoms with Crippen molar-refractivity contribution in [3.63, 3.8) is 0 Å². The van der Waals surface area contributed by atoms with Crippen LogP contribution in [0.25, 0.3) is 65.9 Å². The van der Waals surface area contributed by atoms with Gasteiger partial charge in [-0.1, -0.05) is 115 Å². The SMILES string of the molecule is c1ccc2c(c1)-c1cccc(-c3cccc4c3[nH]c3ccccc34)c1C2c1cccc2c1[nH]c1ccccc12. The van der Waals surface area contributed by atoms with Gasteiger partial charge in [0.2, 0.25) is 0 Å². The van der Waals surface area contributed by atoms with Gasteiger partial charge in [0.15, 0.2) is 0 Å². The predicted octanol–water partition coefficient (Wildman–Crippen LogP) is 9.78. The van der Waals surface area contributed by atoms with Gasteiger partial charge < -0.3 is 9.97 Å². The van der Waals surface area contributed by atoms with Crippen molar-refractivity contribution >= 4 is 43.6 Å². The minimum Gasteiger partial charge on any atom is -0.354 e. The van der Waals surface area contributed by atoms with E-state index in [1.807, 2.05) is 0 Å². The van der Waals surface area contributed by atoms with Crippen molar-refractivity contribution in [3.8, 4) is 22.3 Å². The molecule has 0 radical (unpaired) electrons. The summed E-state index contributed by atoms with van der Waals surface area (Å²) in [5, 5.41) is 5.09. The smallest absolute Gasteiger partial charge is 0.0544 e. The number of benzene rings is 6. The first-order valence-corrected chi connectivity index (χ1v) is 13.6. The Morgan fingerprint density at radius 1 is 0.359 bits per heavy atom. The van der Waals surface area contributed by atoms with Crippen LogP contribution < -0.4 is 0 Å². The second-order valence-corrected chi connectivity index (χ2v) is 10.6. The average Bonchev–Trinajstić information content (AvgIpc) is 3.67. The summed E-state index contributed by atoms with van der Waals surface area (Å²) in [7, 11) is 0. The number of hydrogen-bond acceptors (Lipinski definition) is 0. The third-order valence-corrected chi connectivity index (χ3v) is 8.67. The molecular formula is C37H24N2. The van der Waals surface area contributed by atoms with Crippen LogP contribution in [0.5, 0.6) is 0 Å². The van der Waals surface area contributed by atoms with Gasteiger partial charge >= 0.3 is 0 Å². The first-order chi connectivity index (χ1) is 19.4. The molecule has 39 heavy (non-hydrogen) atoms. The third-order valence-electron chi connectivity index (χ3n) is 8.67. The number of fused-ring (bicyclic) bond motifs is 9. The second kappa shape index (κ2) is 7.72. The highest BCUT2D eigenvalue weighted by molar-refractivity contribution is 6.13. The fourth-order valence-electron chi connectivity index (χ4n) is 7.05. The zero-order valence-corrected chi connectivity index (χ0v) is 21.2. The van der Waals surface area contributed by atoms with Crippen molar-refractivity contribution in [1.29, 1.82) is 0 Å². The molecule has 8 aromatic rings. The molecule has 2 nitrogen and oxygen atoms in total. The number of aromatic amines is 2. The summed E-state index contributed by atoms with van der Waals surface area (Å²) >= 11 is 0. The summed E-state index contributed by atoms with van der Waals surface area (Å²) in [6, 6.07) is 46.5. The minimum absolute atomic E-state index is 0.129. The third kappa shape index (κ3) is 2.81. The highest BCUT2D eigenvalue weighted by Gasteiger charge is 2.34. The van der Waals surface area contributed by atoms with Gasteiger partial charge in [-0.25, -0.2) is 0 Å². The van der Waals surface area contributed by atoms with Crippen LogP contribution in [0.1, 0.15) is 22.6 Å². The lowest BCUT2D eigenvalue weighted by Crippen LogP contribution is -2.02. The van der Waals surface area contributed by atoms with Crippen LogP contribution >= 0.6 is 0 Å². The van der Waals surface area contributed by atoms with E-state index >= 15 is 0 Å². The molecule has 0 bridgehead atoms. The number of para-hydroxylation sites is 4. The molecule has 182 valence electrons. The van der Waals surface area contributed by atoms with Gasteiger partial charge in [-0.15, -0.1) is 0 Å². The Labute approximate surface area is 225 Å². The Kier molecular flexibility index (Phi) is 4.14. The second-order valence-electron chi connectivity index (χ2n) is 10.6. The van der Waals surface area contributed by atoms with E-state index in [1.54, 1.807) is 0 Å². The Bertz CT molecular complexity index is 2240. The summed E-state index contributed by atoms with van der Waals surface area (Å²) < 4.78 is 0. The van der Waals surface area contributed by atoms with E-state index < -0.39 is 0 Å². The van der Waals surface area contributed by atoms with Crippen molar-refractivity contribution in [3.05, 3.63) is 144 Å². The maximum absolute atomic E-state index is 3.79. The van der Waals surface area contributed by atoms with Crippen molar-refractivity contribution < 1.29 is 0 Å². The first-order valence-electron chi connectivity index (χ1n) is 13.6. The van der Waals surface area contributed by atoms with E-state index in [2.05, 4.69) is 137 Å². The standard InChI is InChI=1S/C37H24N2/c1-2-13-25-22(10-1)26-14-7-15-27(30-18-8-16-28-23-11-3-5-20-32(23)38-36(28)30)34(26)35(25)31-19-9-17-29-24-12-4-6-21-33(24)39-37(29)31/h1-21,35,38-39H. The zero-order valence-electron chi connectivity index (χ0n) is 21.2. The number of aromatic nitrogens is 2. The van der Waals surface area contributed by atoms with Gasteiger partial charge in [0, 0.05) is 44.1 Å². The van der Waals surface area contributed by atoms with E-state index in [0.29, 0.717) is 0 Å². The van der Waals surface area contributed by atoms with Gasteiger partial charge in [-0.2, -0.15) is 0 Å². The molecule has 0 amide bonds. The largest absolute Gasteiger partial charge is 0.354 e. The predicted molar refractivity (Wildman–Crippen MR) is 163 cm³/mol. The van der Waals surface area contributed by atoms with Crippen LogP contribution in [-0.2, 0) is 0 Å². The molecule has 1 atom stereocenters. The van der Waals surface area contributed by atoms with Crippen LogP contribution in [0, 0.1) is 0 Å². The Morgan fingerprint density at radius 2 is 0.846 bits per heavy atom. The molecule has 2 heteroatoms. The highest BCUT2D eigenvalue weighted by atomic mass is 14.7. The fourth-order valence-corrected chi connectivity index (χ4v) is 7.05. The Hall–Kier alpha value is -5.08. The molecule has 1 aliphatic carbocycles. The molecular weight excluding hydrogens is 472 g/mol. The molecule has 0 fully saturated rings. The molecule has 0 saturated carbocycles. The van der Waals surface area contributed by atoms with Crippen LogP contribution in [0.4, 0.5) is 0 Å². The number of hydrogen-bond donors (Lipinski definition) is 2. The average molecular weight is 497 g/mol. The normalized spacial score (nSPS) is 14.4. The van der Waals surface area contributed by atoms with Crippen molar-refractivity contribution in [2.45, 2.75) is 5.92 Å². The molecule has 1 unspecified atom stereocenters. The number of rotatable bonds is 2. The Morgan fingerprint density at radius 3 is 1.64 bits per heavy atom. The molecule has 9 rings (SSSR count). The summed E-state index contributed by atoms with van der Waals surface area (Å²) in [4.78, 5) is 7.54. The van der Waals surface area contributed by atoms with Crippen molar-refractivity contribution in [2.75, 3.05) is 0 Å². The van der Waals surface area contributed by atoms with E-state index in [1.165, 1.54) is 82.6 Å². The number of nitrogens with one attached hydrogen (secondary N) is 2. The molecule has 2 N–H and O–H groups in total. The quantitative estimate of drug-likeness (QED) is 0.239. The van der Waals surface area contributed by atoms with Crippen LogP contribution in [0.2, 0.25) is 0 Å².